The van der Waals surface area contributed by atoms with Crippen LogP contribution in [0.25, 0.3) is 11.0 Å². The van der Waals surface area contributed by atoms with Crippen molar-refractivity contribution in [3.8, 4) is 0 Å². The highest BCUT2D eigenvalue weighted by molar-refractivity contribution is 6.05. The number of aromatic nitrogens is 3. The van der Waals surface area contributed by atoms with Crippen molar-refractivity contribution in [1.82, 2.24) is 25.0 Å². The Morgan fingerprint density at radius 2 is 2.19 bits per heavy atom. The molecule has 7 nitrogen and oxygen atoms in total. The summed E-state index contributed by atoms with van der Waals surface area (Å²) >= 11 is 0. The zero-order chi connectivity index (χ0) is 18.9. The van der Waals surface area contributed by atoms with Crippen LogP contribution >= 0.6 is 0 Å². The van der Waals surface area contributed by atoms with E-state index >= 15 is 0 Å². The second kappa shape index (κ2) is 7.32. The van der Waals surface area contributed by atoms with Crippen molar-refractivity contribution in [2.45, 2.75) is 46.3 Å². The number of carbonyl (C=O) groups is 1. The van der Waals surface area contributed by atoms with Gasteiger partial charge in [-0.05, 0) is 40.7 Å². The largest absolute Gasteiger partial charge is 0.373 e. The smallest absolute Gasteiger partial charge is 0.252 e. The molecule has 0 atom stereocenters. The molecule has 1 fully saturated rings. The van der Waals surface area contributed by atoms with Gasteiger partial charge >= 0.3 is 0 Å². The Morgan fingerprint density at radius 1 is 1.42 bits per heavy atom. The van der Waals surface area contributed by atoms with E-state index in [9.17, 15) is 4.79 Å². The highest BCUT2D eigenvalue weighted by Gasteiger charge is 2.26. The second-order valence-electron chi connectivity index (χ2n) is 7.87. The van der Waals surface area contributed by atoms with Gasteiger partial charge in [0.15, 0.2) is 5.65 Å². The van der Waals surface area contributed by atoms with Crippen molar-refractivity contribution < 1.29 is 9.53 Å². The van der Waals surface area contributed by atoms with Crippen LogP contribution in [0.15, 0.2) is 12.3 Å². The molecule has 1 aliphatic heterocycles. The molecular formula is C19H29N5O2. The predicted octanol–water partition coefficient (Wildman–Crippen LogP) is 2.16. The molecule has 3 heterocycles. The van der Waals surface area contributed by atoms with Crippen LogP contribution in [-0.4, -0.2) is 64.0 Å². The normalized spacial score (nSPS) is 17.8. The first kappa shape index (κ1) is 18.8. The third-order valence-corrected chi connectivity index (χ3v) is 4.65. The van der Waals surface area contributed by atoms with Gasteiger partial charge in [-0.3, -0.25) is 9.69 Å². The highest BCUT2D eigenvalue weighted by Crippen LogP contribution is 2.21. The van der Waals surface area contributed by atoms with Gasteiger partial charge in [-0.15, -0.1) is 0 Å². The Balaban J connectivity index is 1.68. The molecule has 26 heavy (non-hydrogen) atoms. The van der Waals surface area contributed by atoms with Gasteiger partial charge in [-0.1, -0.05) is 0 Å². The zero-order valence-electron chi connectivity index (χ0n) is 16.4. The molecule has 0 aromatic carbocycles. The standard InChI is InChI=1S/C19H29N5O2/c1-13(2)24-17-16(11-21-24)15(10-14(3)22-17)18(25)20-6-7-23-8-9-26-19(4,5)12-23/h10-11,13H,6-9,12H2,1-5H3,(H,20,25). The van der Waals surface area contributed by atoms with Crippen LogP contribution < -0.4 is 5.32 Å². The first-order chi connectivity index (χ1) is 12.3. The van der Waals surface area contributed by atoms with Crippen molar-refractivity contribution in [1.29, 1.82) is 0 Å². The van der Waals surface area contributed by atoms with E-state index in [1.807, 2.05) is 17.7 Å². The molecule has 0 radical (unpaired) electrons. The fourth-order valence-corrected chi connectivity index (χ4v) is 3.44. The van der Waals surface area contributed by atoms with Gasteiger partial charge in [0, 0.05) is 37.9 Å². The Morgan fingerprint density at radius 3 is 2.88 bits per heavy atom. The van der Waals surface area contributed by atoms with Gasteiger partial charge in [0.2, 0.25) is 0 Å². The molecule has 0 saturated carbocycles. The van der Waals surface area contributed by atoms with Gasteiger partial charge in [0.25, 0.3) is 5.91 Å². The number of pyridine rings is 1. The van der Waals surface area contributed by atoms with Crippen molar-refractivity contribution in [2.24, 2.45) is 0 Å². The van der Waals surface area contributed by atoms with Gasteiger partial charge in [0.1, 0.15) is 0 Å². The van der Waals surface area contributed by atoms with Crippen molar-refractivity contribution in [3.05, 3.63) is 23.5 Å². The van der Waals surface area contributed by atoms with Gasteiger partial charge in [-0.2, -0.15) is 5.10 Å². The fourth-order valence-electron chi connectivity index (χ4n) is 3.44. The molecule has 3 rings (SSSR count). The second-order valence-corrected chi connectivity index (χ2v) is 7.87. The lowest BCUT2D eigenvalue weighted by molar-refractivity contribution is -0.0853. The molecule has 0 aliphatic carbocycles. The Bertz CT molecular complexity index is 797. The topological polar surface area (TPSA) is 72.3 Å². The summed E-state index contributed by atoms with van der Waals surface area (Å²) in [6.45, 7) is 14.2. The number of fused-ring (bicyclic) bond motifs is 1. The lowest BCUT2D eigenvalue weighted by Crippen LogP contribution is -2.50. The molecule has 1 saturated heterocycles. The van der Waals surface area contributed by atoms with Crippen LogP contribution in [0.4, 0.5) is 0 Å². The number of hydrogen-bond donors (Lipinski definition) is 1. The van der Waals surface area contributed by atoms with E-state index < -0.39 is 0 Å². The highest BCUT2D eigenvalue weighted by atomic mass is 16.5. The number of morpholine rings is 1. The van der Waals surface area contributed by atoms with Crippen molar-refractivity contribution in [2.75, 3.05) is 32.8 Å². The third-order valence-electron chi connectivity index (χ3n) is 4.65. The minimum atomic E-state index is -0.123. The van der Waals surface area contributed by atoms with Crippen LogP contribution in [0.3, 0.4) is 0 Å². The van der Waals surface area contributed by atoms with Gasteiger partial charge in [-0.25, -0.2) is 9.67 Å². The van der Waals surface area contributed by atoms with Gasteiger partial charge in [0.05, 0.1) is 29.4 Å². The summed E-state index contributed by atoms with van der Waals surface area (Å²) in [6, 6.07) is 2.03. The average molecular weight is 359 g/mol. The predicted molar refractivity (Wildman–Crippen MR) is 101 cm³/mol. The van der Waals surface area contributed by atoms with E-state index in [4.69, 9.17) is 4.74 Å². The van der Waals surface area contributed by atoms with Crippen LogP contribution in [0.2, 0.25) is 0 Å². The van der Waals surface area contributed by atoms with E-state index in [0.29, 0.717) is 12.1 Å². The molecule has 142 valence electrons. The number of aryl methyl sites for hydroxylation is 1. The summed E-state index contributed by atoms with van der Waals surface area (Å²) in [5.41, 5.74) is 2.10. The summed E-state index contributed by atoms with van der Waals surface area (Å²) in [6.07, 6.45) is 1.74. The monoisotopic (exact) mass is 359 g/mol. The number of nitrogens with zero attached hydrogens (tertiary/aromatic N) is 4. The maximum Gasteiger partial charge on any atom is 0.252 e. The molecule has 0 unspecified atom stereocenters. The van der Waals surface area contributed by atoms with E-state index in [1.165, 1.54) is 0 Å². The average Bonchev–Trinajstić information content (AvgIpc) is 2.96. The first-order valence-corrected chi connectivity index (χ1v) is 9.26. The molecule has 1 N–H and O–H groups in total. The Kier molecular flexibility index (Phi) is 5.29. The summed E-state index contributed by atoms with van der Waals surface area (Å²) < 4.78 is 7.59. The minimum Gasteiger partial charge on any atom is -0.373 e. The van der Waals surface area contributed by atoms with Crippen LogP contribution in [0.5, 0.6) is 0 Å². The zero-order valence-corrected chi connectivity index (χ0v) is 16.4. The summed E-state index contributed by atoms with van der Waals surface area (Å²) in [5.74, 6) is -0.0728. The fraction of sp³-hybridized carbons (Fsp3) is 0.632. The number of hydrogen-bond acceptors (Lipinski definition) is 5. The quantitative estimate of drug-likeness (QED) is 0.886. The lowest BCUT2D eigenvalue weighted by Gasteiger charge is -2.38. The molecule has 1 aliphatic rings. The van der Waals surface area contributed by atoms with Gasteiger partial charge < -0.3 is 10.1 Å². The molecular weight excluding hydrogens is 330 g/mol. The van der Waals surface area contributed by atoms with E-state index in [2.05, 4.69) is 48.0 Å². The summed E-state index contributed by atoms with van der Waals surface area (Å²) in [4.78, 5) is 19.6. The number of rotatable bonds is 5. The molecule has 2 aromatic rings. The van der Waals surface area contributed by atoms with Crippen molar-refractivity contribution >= 4 is 16.9 Å². The summed E-state index contributed by atoms with van der Waals surface area (Å²) in [7, 11) is 0. The SMILES string of the molecule is Cc1cc(C(=O)NCCN2CCOC(C)(C)C2)c2cnn(C(C)C)c2n1. The number of nitrogens with one attached hydrogen (secondary N) is 1. The van der Waals surface area contributed by atoms with E-state index in [0.717, 1.165) is 43.0 Å². The number of ether oxygens (including phenoxy) is 1. The van der Waals surface area contributed by atoms with Crippen LogP contribution in [0.1, 0.15) is 49.8 Å². The molecule has 7 heteroatoms. The molecule has 0 spiro atoms. The first-order valence-electron chi connectivity index (χ1n) is 9.26. The summed E-state index contributed by atoms with van der Waals surface area (Å²) in [5, 5.41) is 8.25. The third kappa shape index (κ3) is 4.04. The Labute approximate surface area is 154 Å². The van der Waals surface area contributed by atoms with E-state index in [1.54, 1.807) is 6.20 Å². The van der Waals surface area contributed by atoms with E-state index in [-0.39, 0.29) is 17.6 Å². The molecule has 1 amide bonds. The number of amides is 1. The van der Waals surface area contributed by atoms with Crippen LogP contribution in [0, 0.1) is 6.92 Å². The molecule has 0 bridgehead atoms. The maximum absolute atomic E-state index is 12.7. The van der Waals surface area contributed by atoms with Crippen molar-refractivity contribution in [3.63, 3.8) is 0 Å². The van der Waals surface area contributed by atoms with Crippen LogP contribution in [-0.2, 0) is 4.74 Å². The molecule has 2 aromatic heterocycles. The lowest BCUT2D eigenvalue weighted by atomic mass is 10.1. The number of carbonyl (C=O) groups excluding carboxylic acids is 1. The minimum absolute atomic E-state index is 0.0728. The Hall–Kier alpha value is -1.99. The maximum atomic E-state index is 12.7.